The molecule has 7 heteroatoms. The molecular formula is C39H70F3NO3. The number of carbonyl (C=O) groups is 1. The van der Waals surface area contributed by atoms with E-state index in [0.29, 0.717) is 17.0 Å². The predicted molar refractivity (Wildman–Crippen MR) is 197 cm³/mol. The summed E-state index contributed by atoms with van der Waals surface area (Å²) in [5.74, 6) is 0.246. The minimum Gasteiger partial charge on any atom is -0.488 e. The first-order valence-electron chi connectivity index (χ1n) is 16.1. The second-order valence-electron chi connectivity index (χ2n) is 11.5. The summed E-state index contributed by atoms with van der Waals surface area (Å²) in [6.07, 6.45) is 5.24. The van der Waals surface area contributed by atoms with Crippen molar-refractivity contribution < 1.29 is 27.8 Å². The molecule has 4 nitrogen and oxygen atoms in total. The van der Waals surface area contributed by atoms with Gasteiger partial charge < -0.3 is 20.0 Å². The smallest absolute Gasteiger partial charge is 0.272 e. The molecule has 270 valence electrons. The highest BCUT2D eigenvalue weighted by Gasteiger charge is 2.18. The summed E-state index contributed by atoms with van der Waals surface area (Å²) in [5, 5.41) is 12.5. The van der Waals surface area contributed by atoms with Crippen molar-refractivity contribution in [2.75, 3.05) is 13.7 Å². The molecule has 0 amide bonds. The Morgan fingerprint density at radius 1 is 0.935 bits per heavy atom. The Labute approximate surface area is 282 Å². The van der Waals surface area contributed by atoms with Crippen molar-refractivity contribution in [2.24, 2.45) is 5.92 Å². The molecule has 0 radical (unpaired) electrons. The van der Waals surface area contributed by atoms with E-state index >= 15 is 0 Å². The van der Waals surface area contributed by atoms with Gasteiger partial charge in [0, 0.05) is 5.54 Å². The number of aldehydes is 1. The second kappa shape index (κ2) is 31.0. The molecule has 0 fully saturated rings. The number of hydrogen-bond donors (Lipinski definition) is 2. The number of aliphatic hydroxyl groups is 1. The molecule has 0 atom stereocenters. The Kier molecular flexibility index (Phi) is 35.6. The molecule has 46 heavy (non-hydrogen) atoms. The highest BCUT2D eigenvalue weighted by atomic mass is 19.3. The molecule has 0 spiro atoms. The SMILES string of the molecule is C.C=Cc1ccc(C)c(C)c1.CC.CC(C)C(C)(C)O.CC=O.CCCC(C)(CCC)NC.Cc1cc(OCC(F)F)ccc1F. The van der Waals surface area contributed by atoms with Crippen molar-refractivity contribution in [1.29, 1.82) is 0 Å². The van der Waals surface area contributed by atoms with Crippen LogP contribution in [-0.2, 0) is 4.79 Å². The monoisotopic (exact) mass is 658 g/mol. The van der Waals surface area contributed by atoms with E-state index in [-0.39, 0.29) is 19.0 Å². The fourth-order valence-corrected chi connectivity index (χ4v) is 3.24. The zero-order valence-electron chi connectivity index (χ0n) is 30.9. The average Bonchev–Trinajstić information content (AvgIpc) is 2.97. The third-order valence-electron chi connectivity index (χ3n) is 6.89. The summed E-state index contributed by atoms with van der Waals surface area (Å²) in [4.78, 5) is 8.81. The summed E-state index contributed by atoms with van der Waals surface area (Å²) in [6.45, 7) is 28.7. The van der Waals surface area contributed by atoms with Gasteiger partial charge in [-0.25, -0.2) is 13.2 Å². The molecule has 0 bridgehead atoms. The van der Waals surface area contributed by atoms with E-state index in [1.807, 2.05) is 47.6 Å². The minimum atomic E-state index is -2.51. The standard InChI is InChI=1S/C10H12.C9H9F3O.C9H21N.C6H14O.C2H4O.C2H6.CH4/c1-4-10-6-5-8(2)9(3)7-10;1-6-4-7(2-3-8(6)10)13-5-9(11)12;1-5-7-9(3,10-4)8-6-2;1-5(2)6(3,4)7;1-2-3;1-2;/h4-7H,1H2,2-3H3;2-4,9H,5H2,1H3;10H,5-8H2,1-4H3;5,7H,1-4H3;2H,1H3;1-2H3;1H4. The maximum atomic E-state index is 12.7. The first-order chi connectivity index (χ1) is 20.9. The topological polar surface area (TPSA) is 58.6 Å². The van der Waals surface area contributed by atoms with Crippen molar-refractivity contribution >= 4 is 12.4 Å². The number of nitrogens with one attached hydrogen (secondary N) is 1. The molecule has 2 N–H and O–H groups in total. The summed E-state index contributed by atoms with van der Waals surface area (Å²) >= 11 is 0. The van der Waals surface area contributed by atoms with E-state index in [9.17, 15) is 13.2 Å². The predicted octanol–water partition coefficient (Wildman–Crippen LogP) is 11.6. The van der Waals surface area contributed by atoms with Gasteiger partial charge in [-0.05, 0) is 115 Å². The van der Waals surface area contributed by atoms with Crippen molar-refractivity contribution in [1.82, 2.24) is 5.32 Å². The van der Waals surface area contributed by atoms with Gasteiger partial charge in [-0.15, -0.1) is 0 Å². The van der Waals surface area contributed by atoms with Crippen LogP contribution in [0.4, 0.5) is 13.2 Å². The van der Waals surface area contributed by atoms with E-state index < -0.39 is 18.6 Å². The molecule has 0 saturated carbocycles. The quantitative estimate of drug-likeness (QED) is 0.250. The molecule has 0 saturated heterocycles. The zero-order valence-corrected chi connectivity index (χ0v) is 30.9. The molecular weight excluding hydrogens is 587 g/mol. The van der Waals surface area contributed by atoms with E-state index in [4.69, 9.17) is 9.90 Å². The van der Waals surface area contributed by atoms with Crippen LogP contribution in [-0.4, -0.2) is 42.6 Å². The molecule has 2 aromatic carbocycles. The molecule has 0 aliphatic carbocycles. The van der Waals surface area contributed by atoms with E-state index in [2.05, 4.69) is 76.5 Å². The molecule has 0 unspecified atom stereocenters. The first kappa shape index (κ1) is 52.9. The number of carbonyl (C=O) groups excluding carboxylic acids is 1. The largest absolute Gasteiger partial charge is 0.488 e. The molecule has 0 aliphatic rings. The van der Waals surface area contributed by atoms with Gasteiger partial charge >= 0.3 is 0 Å². The number of halogens is 3. The number of aryl methyl sites for hydroxylation is 3. The van der Waals surface area contributed by atoms with E-state index in [0.717, 1.165) is 6.29 Å². The fourth-order valence-electron chi connectivity index (χ4n) is 3.24. The number of rotatable bonds is 10. The van der Waals surface area contributed by atoms with Crippen molar-refractivity contribution in [3.63, 3.8) is 0 Å². The van der Waals surface area contributed by atoms with E-state index in [1.165, 1.54) is 67.5 Å². The Morgan fingerprint density at radius 3 is 1.70 bits per heavy atom. The second-order valence-corrected chi connectivity index (χ2v) is 11.5. The molecule has 0 heterocycles. The lowest BCUT2D eigenvalue weighted by molar-refractivity contribution is -0.106. The van der Waals surface area contributed by atoms with Gasteiger partial charge in [-0.2, -0.15) is 0 Å². The Hall–Kier alpha value is -2.64. The van der Waals surface area contributed by atoms with Gasteiger partial charge in [0.1, 0.15) is 24.5 Å². The van der Waals surface area contributed by atoms with Gasteiger partial charge in [-0.1, -0.05) is 92.7 Å². The van der Waals surface area contributed by atoms with Crippen LogP contribution in [0.3, 0.4) is 0 Å². The highest BCUT2D eigenvalue weighted by Crippen LogP contribution is 2.18. The van der Waals surface area contributed by atoms with Gasteiger partial charge in [-0.3, -0.25) is 0 Å². The van der Waals surface area contributed by atoms with Crippen molar-refractivity contribution in [3.8, 4) is 5.75 Å². The van der Waals surface area contributed by atoms with E-state index in [1.54, 1.807) is 6.92 Å². The third kappa shape index (κ3) is 30.0. The van der Waals surface area contributed by atoms with Gasteiger partial charge in [0.15, 0.2) is 0 Å². The van der Waals surface area contributed by atoms with Crippen LogP contribution in [0.25, 0.3) is 6.08 Å². The van der Waals surface area contributed by atoms with Crippen LogP contribution >= 0.6 is 0 Å². The Balaban J connectivity index is -0.000000156. The van der Waals surface area contributed by atoms with Gasteiger partial charge in [0.25, 0.3) is 6.43 Å². The van der Waals surface area contributed by atoms with Crippen LogP contribution in [0.5, 0.6) is 5.75 Å². The van der Waals surface area contributed by atoms with Crippen LogP contribution in [0.2, 0.25) is 0 Å². The van der Waals surface area contributed by atoms with Gasteiger partial charge in [0.2, 0.25) is 0 Å². The molecule has 0 aliphatic heterocycles. The summed E-state index contributed by atoms with van der Waals surface area (Å²) < 4.78 is 40.8. The van der Waals surface area contributed by atoms with Crippen molar-refractivity contribution in [2.45, 2.75) is 141 Å². The summed E-state index contributed by atoms with van der Waals surface area (Å²) in [6, 6.07) is 10.2. The normalized spacial score (nSPS) is 10.0. The van der Waals surface area contributed by atoms with Crippen molar-refractivity contribution in [3.05, 3.63) is 71.0 Å². The van der Waals surface area contributed by atoms with Gasteiger partial charge in [0.05, 0.1) is 5.60 Å². The molecule has 0 aromatic heterocycles. The van der Waals surface area contributed by atoms with Crippen LogP contribution in [0.1, 0.15) is 125 Å². The lowest BCUT2D eigenvalue weighted by Crippen LogP contribution is -2.39. The number of hydrogen-bond acceptors (Lipinski definition) is 4. The first-order valence-corrected chi connectivity index (χ1v) is 16.1. The molecule has 2 aromatic rings. The lowest BCUT2D eigenvalue weighted by atomic mass is 9.91. The maximum absolute atomic E-state index is 12.7. The number of ether oxygens (including phenoxy) is 1. The highest BCUT2D eigenvalue weighted by molar-refractivity contribution is 5.49. The average molecular weight is 658 g/mol. The van der Waals surface area contributed by atoms with Crippen LogP contribution in [0, 0.1) is 32.5 Å². The fraction of sp³-hybridized carbons (Fsp3) is 0.615. The maximum Gasteiger partial charge on any atom is 0.272 e. The molecule has 2 rings (SSSR count). The zero-order chi connectivity index (χ0) is 36.2. The van der Waals surface area contributed by atoms with Crippen LogP contribution in [0.15, 0.2) is 43.0 Å². The minimum absolute atomic E-state index is 0. The Morgan fingerprint density at radius 2 is 1.39 bits per heavy atom. The summed E-state index contributed by atoms with van der Waals surface area (Å²) in [7, 11) is 2.06. The number of benzene rings is 2. The lowest BCUT2D eigenvalue weighted by Gasteiger charge is -2.28. The Bertz CT molecular complexity index is 996. The number of alkyl halides is 2. The van der Waals surface area contributed by atoms with Crippen LogP contribution < -0.4 is 10.1 Å². The summed E-state index contributed by atoms with van der Waals surface area (Å²) in [5.41, 5.74) is 4.14. The third-order valence-corrected chi connectivity index (χ3v) is 6.89.